The van der Waals surface area contributed by atoms with E-state index in [4.69, 9.17) is 0 Å². The molecule has 1 N–H and O–H groups in total. The van der Waals surface area contributed by atoms with Gasteiger partial charge in [-0.3, -0.25) is 4.79 Å². The summed E-state index contributed by atoms with van der Waals surface area (Å²) in [4.78, 5) is 18.2. The van der Waals surface area contributed by atoms with Crippen LogP contribution in [-0.2, 0) is 4.79 Å². The van der Waals surface area contributed by atoms with Gasteiger partial charge in [0.2, 0.25) is 5.91 Å². The number of anilines is 2. The van der Waals surface area contributed by atoms with Crippen LogP contribution >= 0.6 is 0 Å². The Kier molecular flexibility index (Phi) is 5.92. The fourth-order valence-corrected chi connectivity index (χ4v) is 3.89. The molecule has 4 rings (SSSR count). The summed E-state index contributed by atoms with van der Waals surface area (Å²) >= 11 is 0. The molecule has 1 heterocycles. The maximum Gasteiger partial charge on any atom is 0.236 e. The zero-order valence-electron chi connectivity index (χ0n) is 16.8. The highest BCUT2D eigenvalue weighted by Crippen LogP contribution is 2.30. The summed E-state index contributed by atoms with van der Waals surface area (Å²) in [6.07, 6.45) is 0. The SMILES string of the molecule is CN1CCN(c2ccccc2NC(=O)C(c2ccccc2)c2ccccc2)CC1. The lowest BCUT2D eigenvalue weighted by molar-refractivity contribution is -0.116. The summed E-state index contributed by atoms with van der Waals surface area (Å²) in [6.45, 7) is 3.98. The highest BCUT2D eigenvalue weighted by atomic mass is 16.1. The molecule has 1 amide bonds. The number of nitrogens with zero attached hydrogens (tertiary/aromatic N) is 2. The number of hydrogen-bond acceptors (Lipinski definition) is 3. The molecule has 0 aliphatic carbocycles. The predicted molar refractivity (Wildman–Crippen MR) is 120 cm³/mol. The van der Waals surface area contributed by atoms with Crippen molar-refractivity contribution in [3.63, 3.8) is 0 Å². The maximum absolute atomic E-state index is 13.5. The van der Waals surface area contributed by atoms with Gasteiger partial charge in [0.05, 0.1) is 17.3 Å². The predicted octanol–water partition coefficient (Wildman–Crippen LogP) is 4.21. The molecule has 1 saturated heterocycles. The number of likely N-dealkylation sites (N-methyl/N-ethyl adjacent to an activating group) is 1. The molecule has 1 aliphatic heterocycles. The van der Waals surface area contributed by atoms with Crippen LogP contribution in [0.25, 0.3) is 0 Å². The average molecular weight is 386 g/mol. The fraction of sp³-hybridized carbons (Fsp3) is 0.240. The van der Waals surface area contributed by atoms with Crippen molar-refractivity contribution in [3.05, 3.63) is 96.1 Å². The number of benzene rings is 3. The van der Waals surface area contributed by atoms with Gasteiger partial charge in [-0.25, -0.2) is 0 Å². The Morgan fingerprint density at radius 2 is 1.28 bits per heavy atom. The molecule has 1 fully saturated rings. The summed E-state index contributed by atoms with van der Waals surface area (Å²) in [5, 5.41) is 3.22. The van der Waals surface area contributed by atoms with Crippen LogP contribution in [0.1, 0.15) is 17.0 Å². The highest BCUT2D eigenvalue weighted by molar-refractivity contribution is 6.00. The number of nitrogens with one attached hydrogen (secondary N) is 1. The summed E-state index contributed by atoms with van der Waals surface area (Å²) < 4.78 is 0. The molecule has 148 valence electrons. The Hall–Kier alpha value is -3.11. The minimum atomic E-state index is -0.349. The minimum Gasteiger partial charge on any atom is -0.367 e. The third-order valence-corrected chi connectivity index (χ3v) is 5.53. The largest absolute Gasteiger partial charge is 0.367 e. The number of carbonyl (C=O) groups excluding carboxylic acids is 1. The fourth-order valence-electron chi connectivity index (χ4n) is 3.89. The van der Waals surface area contributed by atoms with E-state index in [9.17, 15) is 4.79 Å². The number of amides is 1. The second-order valence-corrected chi connectivity index (χ2v) is 7.55. The van der Waals surface area contributed by atoms with E-state index in [1.54, 1.807) is 0 Å². The van der Waals surface area contributed by atoms with Crippen molar-refractivity contribution >= 4 is 17.3 Å². The zero-order valence-corrected chi connectivity index (χ0v) is 16.8. The first kappa shape index (κ1) is 19.2. The third-order valence-electron chi connectivity index (χ3n) is 5.53. The molecule has 3 aromatic rings. The Labute approximate surface area is 172 Å². The average Bonchev–Trinajstić information content (AvgIpc) is 2.76. The van der Waals surface area contributed by atoms with Crippen LogP contribution in [0.15, 0.2) is 84.9 Å². The van der Waals surface area contributed by atoms with E-state index in [-0.39, 0.29) is 11.8 Å². The molecule has 29 heavy (non-hydrogen) atoms. The van der Waals surface area contributed by atoms with E-state index in [1.165, 1.54) is 0 Å². The van der Waals surface area contributed by atoms with E-state index < -0.39 is 0 Å². The minimum absolute atomic E-state index is 0.0102. The van der Waals surface area contributed by atoms with Crippen molar-refractivity contribution in [1.29, 1.82) is 0 Å². The molecule has 4 heteroatoms. The molecule has 0 saturated carbocycles. The number of para-hydroxylation sites is 2. The number of hydrogen-bond donors (Lipinski definition) is 1. The third kappa shape index (κ3) is 4.49. The van der Waals surface area contributed by atoms with E-state index in [1.807, 2.05) is 78.9 Å². The molecule has 0 unspecified atom stereocenters. The smallest absolute Gasteiger partial charge is 0.236 e. The molecule has 4 nitrogen and oxygen atoms in total. The first-order valence-corrected chi connectivity index (χ1v) is 10.2. The van der Waals surface area contributed by atoms with Gasteiger partial charge in [-0.15, -0.1) is 0 Å². The lowest BCUT2D eigenvalue weighted by atomic mass is 9.90. The summed E-state index contributed by atoms with van der Waals surface area (Å²) in [7, 11) is 2.15. The van der Waals surface area contributed by atoms with Crippen LogP contribution in [0, 0.1) is 0 Å². The number of rotatable bonds is 5. The normalized spacial score (nSPS) is 14.8. The first-order chi connectivity index (χ1) is 14.2. The molecule has 1 aliphatic rings. The van der Waals surface area contributed by atoms with Gasteiger partial charge in [0.25, 0.3) is 0 Å². The summed E-state index contributed by atoms with van der Waals surface area (Å²) in [6, 6.07) is 28.1. The van der Waals surface area contributed by atoms with Crippen LogP contribution in [-0.4, -0.2) is 44.0 Å². The maximum atomic E-state index is 13.5. The Morgan fingerprint density at radius 3 is 1.86 bits per heavy atom. The molecule has 0 spiro atoms. The van der Waals surface area contributed by atoms with Crippen molar-refractivity contribution < 1.29 is 4.79 Å². The molecular formula is C25H27N3O. The molecule has 0 atom stereocenters. The Bertz CT molecular complexity index is 895. The Morgan fingerprint density at radius 1 is 0.759 bits per heavy atom. The topological polar surface area (TPSA) is 35.6 Å². The van der Waals surface area contributed by atoms with Gasteiger partial charge in [-0.2, -0.15) is 0 Å². The second kappa shape index (κ2) is 8.93. The van der Waals surface area contributed by atoms with E-state index in [0.717, 1.165) is 48.7 Å². The molecule has 3 aromatic carbocycles. The summed E-state index contributed by atoms with van der Waals surface area (Å²) in [5.74, 6) is -0.359. The van der Waals surface area contributed by atoms with E-state index >= 15 is 0 Å². The molecule has 0 bridgehead atoms. The van der Waals surface area contributed by atoms with Crippen LogP contribution in [0.5, 0.6) is 0 Å². The van der Waals surface area contributed by atoms with Gasteiger partial charge in [0.15, 0.2) is 0 Å². The quantitative estimate of drug-likeness (QED) is 0.715. The van der Waals surface area contributed by atoms with Gasteiger partial charge in [-0.05, 0) is 30.3 Å². The Balaban J connectivity index is 1.62. The molecular weight excluding hydrogens is 358 g/mol. The van der Waals surface area contributed by atoms with Gasteiger partial charge in [0.1, 0.15) is 0 Å². The first-order valence-electron chi connectivity index (χ1n) is 10.2. The lowest BCUT2D eigenvalue weighted by Gasteiger charge is -2.35. The molecule has 0 radical (unpaired) electrons. The van der Waals surface area contributed by atoms with E-state index in [2.05, 4.69) is 28.2 Å². The van der Waals surface area contributed by atoms with Crippen molar-refractivity contribution in [1.82, 2.24) is 4.90 Å². The van der Waals surface area contributed by atoms with Crippen molar-refractivity contribution in [2.75, 3.05) is 43.4 Å². The van der Waals surface area contributed by atoms with Crippen LogP contribution in [0.2, 0.25) is 0 Å². The van der Waals surface area contributed by atoms with Gasteiger partial charge < -0.3 is 15.1 Å². The highest BCUT2D eigenvalue weighted by Gasteiger charge is 2.24. The van der Waals surface area contributed by atoms with Gasteiger partial charge in [-0.1, -0.05) is 72.8 Å². The van der Waals surface area contributed by atoms with Crippen LogP contribution in [0.3, 0.4) is 0 Å². The monoisotopic (exact) mass is 385 g/mol. The van der Waals surface area contributed by atoms with Crippen molar-refractivity contribution in [2.45, 2.75) is 5.92 Å². The number of carbonyl (C=O) groups is 1. The van der Waals surface area contributed by atoms with Gasteiger partial charge in [0, 0.05) is 26.2 Å². The van der Waals surface area contributed by atoms with Crippen LogP contribution in [0.4, 0.5) is 11.4 Å². The molecule has 0 aromatic heterocycles. The zero-order chi connectivity index (χ0) is 20.1. The lowest BCUT2D eigenvalue weighted by Crippen LogP contribution is -2.44. The van der Waals surface area contributed by atoms with Crippen molar-refractivity contribution in [3.8, 4) is 0 Å². The second-order valence-electron chi connectivity index (χ2n) is 7.55. The summed E-state index contributed by atoms with van der Waals surface area (Å²) in [5.41, 5.74) is 3.95. The van der Waals surface area contributed by atoms with Crippen LogP contribution < -0.4 is 10.2 Å². The standard InChI is InChI=1S/C25H27N3O/c1-27-16-18-28(19-17-27)23-15-9-8-14-22(23)26-25(29)24(20-10-4-2-5-11-20)21-12-6-3-7-13-21/h2-15,24H,16-19H2,1H3,(H,26,29). The number of piperazine rings is 1. The van der Waals surface area contributed by atoms with Crippen molar-refractivity contribution in [2.24, 2.45) is 0 Å². The van der Waals surface area contributed by atoms with E-state index in [0.29, 0.717) is 0 Å². The van der Waals surface area contributed by atoms with Gasteiger partial charge >= 0.3 is 0 Å².